The summed E-state index contributed by atoms with van der Waals surface area (Å²) in [6.07, 6.45) is -3.99. The number of hydrogen-bond donors (Lipinski definition) is 3. The molecule has 22 heteroatoms. The molecule has 0 unspecified atom stereocenters. The Kier molecular flexibility index (Phi) is 17.9. The van der Waals surface area contributed by atoms with Crippen LogP contribution in [-0.4, -0.2) is 43.5 Å². The van der Waals surface area contributed by atoms with E-state index in [0.29, 0.717) is 64.2 Å². The fraction of sp³-hybridized carbons (Fsp3) is 0.236. The summed E-state index contributed by atoms with van der Waals surface area (Å²) < 4.78 is 119. The van der Waals surface area contributed by atoms with Crippen LogP contribution in [0.5, 0.6) is 29.0 Å². The maximum Gasteiger partial charge on any atom is 0.419 e. The number of nitrogens with two attached hydrogens (primary N) is 1. The SMILES string of the molecule is Cc1cc(Oc2cc(NC(=O)C3CC3)ncn2)ccc1CC(=O)Cc1ccc(F)c(C(F)(F)F)c1.Cc1cc(Oc2cc(NC(=O)C3CC3)ncn2)ccc1N.O=C(Cc1ccc(F)c(C(F)(F)F)c1)Oc1ccccc1. The molecule has 2 aromatic heterocycles. The Morgan fingerprint density at radius 3 is 1.51 bits per heavy atom. The number of aromatic nitrogens is 4. The fourth-order valence-corrected chi connectivity index (χ4v) is 7.08. The van der Waals surface area contributed by atoms with Crippen molar-refractivity contribution in [3.63, 3.8) is 0 Å². The lowest BCUT2D eigenvalue weighted by atomic mass is 9.98. The van der Waals surface area contributed by atoms with Gasteiger partial charge in [-0.1, -0.05) is 36.4 Å². The molecule has 0 bridgehead atoms. The van der Waals surface area contributed by atoms with Crippen molar-refractivity contribution in [1.29, 1.82) is 0 Å². The molecule has 0 saturated heterocycles. The van der Waals surface area contributed by atoms with Crippen LogP contribution in [0.1, 0.15) is 64.6 Å². The third-order valence-corrected chi connectivity index (χ3v) is 11.5. The molecule has 0 spiro atoms. The van der Waals surface area contributed by atoms with E-state index in [1.165, 1.54) is 24.8 Å². The number of nitrogens with one attached hydrogen (secondary N) is 2. The first-order chi connectivity index (χ1) is 36.6. The molecule has 2 amide bonds. The molecule has 400 valence electrons. The van der Waals surface area contributed by atoms with Gasteiger partial charge in [-0.15, -0.1) is 0 Å². The fourth-order valence-electron chi connectivity index (χ4n) is 7.08. The van der Waals surface area contributed by atoms with Gasteiger partial charge in [-0.2, -0.15) is 26.3 Å². The smallest absolute Gasteiger partial charge is 0.419 e. The maximum absolute atomic E-state index is 13.5. The Hall–Kier alpha value is -8.82. The van der Waals surface area contributed by atoms with Crippen LogP contribution in [0.3, 0.4) is 0 Å². The van der Waals surface area contributed by atoms with Gasteiger partial charge in [0.1, 0.15) is 59.0 Å². The number of nitrogens with zero attached hydrogens (tertiary/aromatic N) is 4. The maximum atomic E-state index is 13.5. The van der Waals surface area contributed by atoms with Gasteiger partial charge < -0.3 is 30.6 Å². The van der Waals surface area contributed by atoms with Crippen molar-refractivity contribution in [3.05, 3.63) is 178 Å². The lowest BCUT2D eigenvalue weighted by Gasteiger charge is -2.11. The molecule has 14 nitrogen and oxygen atoms in total. The standard InChI is InChI=1S/C25H21F4N3O3.C15H10F4O2.C15H16N4O2/c1-14-8-19(35-23-12-22(30-13-31-23)32-24(34)16-3-4-16)6-5-17(14)11-18(33)9-15-2-7-21(26)20(10-15)25(27,28)29;16-13-7-6-10(8-12(13)15(17,18)19)9-14(20)21-11-4-2-1-3-5-11;1-9-6-11(4-5-12(9)16)21-14-7-13(17-8-18-14)19-15(20)10-2-3-10/h2,5-8,10,12-13,16H,3-4,9,11H2,1H3,(H,30,31,32,34);1-8H,9H2;4-8,10H,2-3,16H2,1H3,(H,17,18,19,20). The van der Waals surface area contributed by atoms with Gasteiger partial charge in [-0.25, -0.2) is 28.7 Å². The zero-order valence-corrected chi connectivity index (χ0v) is 41.0. The summed E-state index contributed by atoms with van der Waals surface area (Å²) in [7, 11) is 0. The zero-order valence-electron chi connectivity index (χ0n) is 41.0. The number of para-hydroxylation sites is 1. The third-order valence-electron chi connectivity index (χ3n) is 11.5. The van der Waals surface area contributed by atoms with Crippen molar-refractivity contribution in [2.45, 2.75) is 71.1 Å². The average Bonchev–Trinajstić information content (AvgIpc) is 4.30. The van der Waals surface area contributed by atoms with Gasteiger partial charge in [0.05, 0.1) is 17.5 Å². The molecule has 2 fully saturated rings. The van der Waals surface area contributed by atoms with Crippen molar-refractivity contribution >= 4 is 40.9 Å². The predicted octanol–water partition coefficient (Wildman–Crippen LogP) is 11.9. The highest BCUT2D eigenvalue weighted by Gasteiger charge is 2.36. The van der Waals surface area contributed by atoms with E-state index >= 15 is 0 Å². The average molecular weight is 1070 g/mol. The third kappa shape index (κ3) is 17.1. The Labute approximate surface area is 435 Å². The molecule has 77 heavy (non-hydrogen) atoms. The first-order valence-corrected chi connectivity index (χ1v) is 23.6. The molecule has 2 aliphatic rings. The molecular formula is C55H47F8N7O7. The minimum atomic E-state index is -4.83. The van der Waals surface area contributed by atoms with Crippen LogP contribution in [0.15, 0.2) is 128 Å². The molecule has 0 radical (unpaired) electrons. The Balaban J connectivity index is 0.000000177. The van der Waals surface area contributed by atoms with E-state index in [0.717, 1.165) is 48.9 Å². The topological polar surface area (TPSA) is 198 Å². The van der Waals surface area contributed by atoms with Crippen molar-refractivity contribution in [2.75, 3.05) is 16.4 Å². The van der Waals surface area contributed by atoms with Crippen molar-refractivity contribution in [3.8, 4) is 29.0 Å². The molecule has 7 aromatic rings. The number of nitrogen functional groups attached to an aromatic ring is 1. The summed E-state index contributed by atoms with van der Waals surface area (Å²) in [6.45, 7) is 3.68. The lowest BCUT2D eigenvalue weighted by Crippen LogP contribution is -2.14. The van der Waals surface area contributed by atoms with E-state index in [1.807, 2.05) is 13.0 Å². The monoisotopic (exact) mass is 1070 g/mol. The van der Waals surface area contributed by atoms with Crippen molar-refractivity contribution < 1.29 is 68.5 Å². The van der Waals surface area contributed by atoms with Crippen LogP contribution < -0.4 is 30.6 Å². The zero-order chi connectivity index (χ0) is 55.4. The molecule has 4 N–H and O–H groups in total. The number of hydrogen-bond acceptors (Lipinski definition) is 12. The van der Waals surface area contributed by atoms with E-state index in [2.05, 4.69) is 30.6 Å². The van der Waals surface area contributed by atoms with Crippen LogP contribution >= 0.6 is 0 Å². The van der Waals surface area contributed by atoms with E-state index < -0.39 is 41.1 Å². The van der Waals surface area contributed by atoms with Gasteiger partial charge in [0.2, 0.25) is 23.6 Å². The van der Waals surface area contributed by atoms with Crippen LogP contribution in [0.2, 0.25) is 0 Å². The molecule has 2 aliphatic carbocycles. The number of Topliss-reactive ketones (excluding diaryl/α,β-unsaturated/α-hetero) is 1. The van der Waals surface area contributed by atoms with Crippen LogP contribution in [0.4, 0.5) is 52.4 Å². The van der Waals surface area contributed by atoms with E-state index in [9.17, 15) is 54.3 Å². The van der Waals surface area contributed by atoms with Gasteiger partial charge in [-0.05, 0) is 134 Å². The summed E-state index contributed by atoms with van der Waals surface area (Å²) >= 11 is 0. The summed E-state index contributed by atoms with van der Waals surface area (Å²) in [4.78, 5) is 63.8. The van der Waals surface area contributed by atoms with Gasteiger partial charge in [0, 0.05) is 42.5 Å². The van der Waals surface area contributed by atoms with Crippen molar-refractivity contribution in [1.82, 2.24) is 19.9 Å². The first-order valence-electron chi connectivity index (χ1n) is 23.6. The van der Waals surface area contributed by atoms with Crippen LogP contribution in [-0.2, 0) is 50.8 Å². The van der Waals surface area contributed by atoms with Gasteiger partial charge in [0.25, 0.3) is 0 Å². The highest BCUT2D eigenvalue weighted by Crippen LogP contribution is 2.35. The number of alkyl halides is 6. The number of amides is 2. The molecule has 2 saturated carbocycles. The van der Waals surface area contributed by atoms with E-state index in [1.54, 1.807) is 73.7 Å². The molecular weight excluding hydrogens is 1020 g/mol. The lowest BCUT2D eigenvalue weighted by molar-refractivity contribution is -0.141. The number of benzene rings is 5. The predicted molar refractivity (Wildman–Crippen MR) is 265 cm³/mol. The van der Waals surface area contributed by atoms with E-state index in [-0.39, 0.29) is 65.7 Å². The minimum absolute atomic E-state index is 0.00276. The number of halogens is 8. The summed E-state index contributed by atoms with van der Waals surface area (Å²) in [5.74, 6) is -0.941. The highest BCUT2D eigenvalue weighted by molar-refractivity contribution is 5.94. The summed E-state index contributed by atoms with van der Waals surface area (Å²) in [5, 5.41) is 5.48. The molecule has 0 aliphatic heterocycles. The number of aryl methyl sites for hydroxylation is 2. The molecule has 5 aromatic carbocycles. The van der Waals surface area contributed by atoms with Gasteiger partial charge >= 0.3 is 18.3 Å². The number of anilines is 3. The summed E-state index contributed by atoms with van der Waals surface area (Å²) in [5.41, 5.74) is 6.17. The summed E-state index contributed by atoms with van der Waals surface area (Å²) in [6, 6.07) is 26.6. The van der Waals surface area contributed by atoms with Gasteiger partial charge in [0.15, 0.2) is 0 Å². The first kappa shape index (κ1) is 55.9. The van der Waals surface area contributed by atoms with Gasteiger partial charge in [-0.3, -0.25) is 19.2 Å². The molecule has 9 rings (SSSR count). The Bertz CT molecular complexity index is 3260. The second-order valence-electron chi connectivity index (χ2n) is 17.8. The Morgan fingerprint density at radius 1 is 0.558 bits per heavy atom. The second-order valence-corrected chi connectivity index (χ2v) is 17.8. The minimum Gasteiger partial charge on any atom is -0.439 e. The molecule has 2 heterocycles. The van der Waals surface area contributed by atoms with Crippen LogP contribution in [0, 0.1) is 37.3 Å². The Morgan fingerprint density at radius 2 is 1.04 bits per heavy atom. The largest absolute Gasteiger partial charge is 0.439 e. The number of ketones is 1. The quantitative estimate of drug-likeness (QED) is 0.0381. The number of rotatable bonds is 15. The van der Waals surface area contributed by atoms with Crippen LogP contribution in [0.25, 0.3) is 0 Å². The second kappa shape index (κ2) is 24.7. The number of ether oxygens (including phenoxy) is 3. The number of carbonyl (C=O) groups excluding carboxylic acids is 4. The highest BCUT2D eigenvalue weighted by atomic mass is 19.4. The number of esters is 1. The molecule has 0 atom stereocenters. The van der Waals surface area contributed by atoms with Crippen molar-refractivity contribution in [2.24, 2.45) is 11.8 Å². The van der Waals surface area contributed by atoms with E-state index in [4.69, 9.17) is 19.9 Å². The number of carbonyl (C=O) groups is 4. The normalized spacial score (nSPS) is 12.9.